The van der Waals surface area contributed by atoms with Gasteiger partial charge in [-0.2, -0.15) is 0 Å². The average Bonchev–Trinajstić information content (AvgIpc) is 2.28. The van der Waals surface area contributed by atoms with Gasteiger partial charge >= 0.3 is 0 Å². The van der Waals surface area contributed by atoms with Crippen molar-refractivity contribution >= 4 is 11.6 Å². The molecule has 2 aromatic rings. The number of aromatic nitrogens is 2. The summed E-state index contributed by atoms with van der Waals surface area (Å²) in [7, 11) is 3.86. The maximum atomic E-state index is 5.79. The minimum atomic E-state index is 0.486. The summed E-state index contributed by atoms with van der Waals surface area (Å²) in [5, 5.41) is 0. The molecular formula is C13H16N4. The zero-order valence-electron chi connectivity index (χ0n) is 10.3. The zero-order valence-corrected chi connectivity index (χ0v) is 10.3. The molecule has 0 fully saturated rings. The van der Waals surface area contributed by atoms with Gasteiger partial charge in [0.15, 0.2) is 5.82 Å². The molecule has 0 radical (unpaired) electrons. The second kappa shape index (κ2) is 4.41. The van der Waals surface area contributed by atoms with Gasteiger partial charge in [-0.05, 0) is 13.0 Å². The number of hydrogen-bond donors (Lipinski definition) is 1. The molecule has 1 aromatic carbocycles. The van der Waals surface area contributed by atoms with E-state index in [0.29, 0.717) is 11.6 Å². The number of rotatable bonds is 2. The summed E-state index contributed by atoms with van der Waals surface area (Å²) in [5.74, 6) is 1.96. The standard InChI is InChI=1S/C13H16N4/c1-9-5-4-6-10(7-9)13-15-11(14)8-12(16-13)17(2)3/h4-8H,1-3H3,(H2,14,15,16). The van der Waals surface area contributed by atoms with Gasteiger partial charge < -0.3 is 10.6 Å². The minimum Gasteiger partial charge on any atom is -0.384 e. The topological polar surface area (TPSA) is 55.0 Å². The molecule has 88 valence electrons. The van der Waals surface area contributed by atoms with Crippen LogP contribution < -0.4 is 10.6 Å². The lowest BCUT2D eigenvalue weighted by molar-refractivity contribution is 1.05. The molecule has 0 amide bonds. The first kappa shape index (κ1) is 11.4. The Bertz CT molecular complexity index is 535. The Morgan fingerprint density at radius 3 is 2.53 bits per heavy atom. The maximum absolute atomic E-state index is 5.79. The fourth-order valence-corrected chi connectivity index (χ4v) is 1.59. The highest BCUT2D eigenvalue weighted by Gasteiger charge is 2.06. The van der Waals surface area contributed by atoms with E-state index in [0.717, 1.165) is 11.4 Å². The van der Waals surface area contributed by atoms with Crippen LogP contribution >= 0.6 is 0 Å². The Hall–Kier alpha value is -2.10. The third-order valence-corrected chi connectivity index (χ3v) is 2.47. The number of nitrogens with two attached hydrogens (primary N) is 1. The van der Waals surface area contributed by atoms with E-state index in [2.05, 4.69) is 9.97 Å². The Labute approximate surface area is 101 Å². The number of aryl methyl sites for hydroxylation is 1. The van der Waals surface area contributed by atoms with E-state index in [4.69, 9.17) is 5.73 Å². The van der Waals surface area contributed by atoms with Gasteiger partial charge in [-0.3, -0.25) is 0 Å². The monoisotopic (exact) mass is 228 g/mol. The molecule has 0 saturated heterocycles. The summed E-state index contributed by atoms with van der Waals surface area (Å²) in [4.78, 5) is 10.7. The van der Waals surface area contributed by atoms with E-state index in [1.165, 1.54) is 5.56 Å². The van der Waals surface area contributed by atoms with Crippen molar-refractivity contribution in [2.24, 2.45) is 0 Å². The molecule has 0 aliphatic heterocycles. The predicted molar refractivity (Wildman–Crippen MR) is 70.9 cm³/mol. The Morgan fingerprint density at radius 2 is 1.88 bits per heavy atom. The quantitative estimate of drug-likeness (QED) is 0.855. The molecule has 2 rings (SSSR count). The van der Waals surface area contributed by atoms with Gasteiger partial charge in [0.05, 0.1) is 0 Å². The van der Waals surface area contributed by atoms with Crippen LogP contribution in [-0.4, -0.2) is 24.1 Å². The van der Waals surface area contributed by atoms with E-state index >= 15 is 0 Å². The molecule has 1 heterocycles. The first-order valence-electron chi connectivity index (χ1n) is 5.45. The highest BCUT2D eigenvalue weighted by atomic mass is 15.2. The van der Waals surface area contributed by atoms with Crippen LogP contribution in [-0.2, 0) is 0 Å². The Balaban J connectivity index is 2.52. The first-order valence-corrected chi connectivity index (χ1v) is 5.45. The molecule has 0 saturated carbocycles. The van der Waals surface area contributed by atoms with Crippen LogP contribution in [0, 0.1) is 6.92 Å². The summed E-state index contributed by atoms with van der Waals surface area (Å²) in [5.41, 5.74) is 7.96. The zero-order chi connectivity index (χ0) is 12.4. The fraction of sp³-hybridized carbons (Fsp3) is 0.231. The van der Waals surface area contributed by atoms with E-state index in [9.17, 15) is 0 Å². The van der Waals surface area contributed by atoms with Gasteiger partial charge in [0.2, 0.25) is 0 Å². The van der Waals surface area contributed by atoms with Gasteiger partial charge in [0.1, 0.15) is 11.6 Å². The third kappa shape index (κ3) is 2.53. The van der Waals surface area contributed by atoms with Gasteiger partial charge in [0, 0.05) is 25.7 Å². The number of benzene rings is 1. The number of anilines is 2. The van der Waals surface area contributed by atoms with Gasteiger partial charge in [-0.25, -0.2) is 9.97 Å². The lowest BCUT2D eigenvalue weighted by Gasteiger charge is -2.13. The molecule has 0 aliphatic rings. The van der Waals surface area contributed by atoms with Crippen molar-refractivity contribution in [2.75, 3.05) is 24.7 Å². The summed E-state index contributed by atoms with van der Waals surface area (Å²) in [6.45, 7) is 2.04. The van der Waals surface area contributed by atoms with E-state index in [1.54, 1.807) is 6.07 Å². The lowest BCUT2D eigenvalue weighted by atomic mass is 10.1. The lowest BCUT2D eigenvalue weighted by Crippen LogP contribution is -2.12. The largest absolute Gasteiger partial charge is 0.384 e. The van der Waals surface area contributed by atoms with E-state index in [1.807, 2.05) is 50.2 Å². The normalized spacial score (nSPS) is 10.3. The first-order chi connectivity index (χ1) is 8.06. The molecule has 0 aliphatic carbocycles. The summed E-state index contributed by atoms with van der Waals surface area (Å²) >= 11 is 0. The number of nitrogens with zero attached hydrogens (tertiary/aromatic N) is 3. The molecule has 4 heteroatoms. The second-order valence-electron chi connectivity index (χ2n) is 4.24. The van der Waals surface area contributed by atoms with Gasteiger partial charge in [-0.1, -0.05) is 23.8 Å². The van der Waals surface area contributed by atoms with Crippen molar-refractivity contribution in [2.45, 2.75) is 6.92 Å². The van der Waals surface area contributed by atoms with Crippen LogP contribution in [0.25, 0.3) is 11.4 Å². The summed E-state index contributed by atoms with van der Waals surface area (Å²) in [6, 6.07) is 9.84. The van der Waals surface area contributed by atoms with Crippen molar-refractivity contribution in [1.29, 1.82) is 0 Å². The molecule has 17 heavy (non-hydrogen) atoms. The summed E-state index contributed by atoms with van der Waals surface area (Å²) < 4.78 is 0. The van der Waals surface area contributed by atoms with Crippen molar-refractivity contribution in [1.82, 2.24) is 9.97 Å². The molecule has 4 nitrogen and oxygen atoms in total. The molecule has 0 spiro atoms. The molecule has 0 atom stereocenters. The van der Waals surface area contributed by atoms with E-state index < -0.39 is 0 Å². The molecule has 1 aromatic heterocycles. The smallest absolute Gasteiger partial charge is 0.163 e. The molecular weight excluding hydrogens is 212 g/mol. The highest BCUT2D eigenvalue weighted by Crippen LogP contribution is 2.20. The van der Waals surface area contributed by atoms with Crippen molar-refractivity contribution in [3.63, 3.8) is 0 Å². The Kier molecular flexibility index (Phi) is 2.95. The van der Waals surface area contributed by atoms with Gasteiger partial charge in [-0.15, -0.1) is 0 Å². The van der Waals surface area contributed by atoms with Crippen LogP contribution in [0.2, 0.25) is 0 Å². The van der Waals surface area contributed by atoms with Crippen LogP contribution in [0.3, 0.4) is 0 Å². The average molecular weight is 228 g/mol. The Morgan fingerprint density at radius 1 is 1.12 bits per heavy atom. The van der Waals surface area contributed by atoms with Crippen LogP contribution in [0.4, 0.5) is 11.6 Å². The summed E-state index contributed by atoms with van der Waals surface area (Å²) in [6.07, 6.45) is 0. The van der Waals surface area contributed by atoms with Crippen molar-refractivity contribution in [3.05, 3.63) is 35.9 Å². The van der Waals surface area contributed by atoms with Crippen molar-refractivity contribution < 1.29 is 0 Å². The molecule has 0 unspecified atom stereocenters. The number of hydrogen-bond acceptors (Lipinski definition) is 4. The highest BCUT2D eigenvalue weighted by molar-refractivity contribution is 5.61. The maximum Gasteiger partial charge on any atom is 0.163 e. The molecule has 2 N–H and O–H groups in total. The van der Waals surface area contributed by atoms with Crippen LogP contribution in [0.15, 0.2) is 30.3 Å². The van der Waals surface area contributed by atoms with Crippen LogP contribution in [0.5, 0.6) is 0 Å². The minimum absolute atomic E-state index is 0.486. The van der Waals surface area contributed by atoms with Gasteiger partial charge in [0.25, 0.3) is 0 Å². The predicted octanol–water partition coefficient (Wildman–Crippen LogP) is 2.10. The SMILES string of the molecule is Cc1cccc(-c2nc(N)cc(N(C)C)n2)c1. The van der Waals surface area contributed by atoms with Crippen molar-refractivity contribution in [3.8, 4) is 11.4 Å². The third-order valence-electron chi connectivity index (χ3n) is 2.47. The second-order valence-corrected chi connectivity index (χ2v) is 4.24. The molecule has 0 bridgehead atoms. The van der Waals surface area contributed by atoms with Crippen LogP contribution in [0.1, 0.15) is 5.56 Å². The number of nitrogen functional groups attached to an aromatic ring is 1. The fourth-order valence-electron chi connectivity index (χ4n) is 1.59. The van der Waals surface area contributed by atoms with E-state index in [-0.39, 0.29) is 0 Å².